The number of hydrogen-bond acceptors (Lipinski definition) is 0. The van der Waals surface area contributed by atoms with Crippen LogP contribution in [0.3, 0.4) is 0 Å². The molecule has 0 fully saturated rings. The van der Waals surface area contributed by atoms with Gasteiger partial charge in [0.05, 0.1) is 0 Å². The van der Waals surface area contributed by atoms with Crippen LogP contribution in [0.2, 0.25) is 0 Å². The molecule has 1 heteroatoms. The Morgan fingerprint density at radius 1 is 0.545 bits per heavy atom. The van der Waals surface area contributed by atoms with Crippen LogP contribution in [-0.4, -0.2) is 5.29 Å². The summed E-state index contributed by atoms with van der Waals surface area (Å²) in [6.07, 6.45) is 2.29. The zero-order chi connectivity index (χ0) is 15.2. The summed E-state index contributed by atoms with van der Waals surface area (Å²) >= 11 is 0. The van der Waals surface area contributed by atoms with E-state index in [-0.39, 0.29) is 0 Å². The van der Waals surface area contributed by atoms with Gasteiger partial charge in [-0.05, 0) is 33.6 Å². The van der Waals surface area contributed by atoms with Gasteiger partial charge in [-0.1, -0.05) is 91.0 Å². The van der Waals surface area contributed by atoms with E-state index in [0.717, 1.165) is 0 Å². The molecule has 0 radical (unpaired) electrons. The van der Waals surface area contributed by atoms with Crippen LogP contribution in [0.5, 0.6) is 0 Å². The minimum absolute atomic E-state index is 1.24. The fourth-order valence-electron chi connectivity index (χ4n) is 2.48. The van der Waals surface area contributed by atoms with Crippen molar-refractivity contribution in [3.8, 4) is 0 Å². The number of benzene rings is 3. The molecule has 0 spiro atoms. The van der Waals surface area contributed by atoms with E-state index in [1.54, 1.807) is 0 Å². The molecule has 0 bridgehead atoms. The Labute approximate surface area is 134 Å². The van der Waals surface area contributed by atoms with Crippen LogP contribution in [0, 0.1) is 0 Å². The Morgan fingerprint density at radius 2 is 0.909 bits per heavy atom. The van der Waals surface area contributed by atoms with Crippen LogP contribution in [0.4, 0.5) is 0 Å². The van der Waals surface area contributed by atoms with Gasteiger partial charge in [0.1, 0.15) is 0 Å². The van der Waals surface area contributed by atoms with Crippen molar-refractivity contribution in [3.63, 3.8) is 0 Å². The minimum Gasteiger partial charge on any atom is -0.135 e. The van der Waals surface area contributed by atoms with Crippen molar-refractivity contribution in [3.05, 3.63) is 114 Å². The fraction of sp³-hybridized carbons (Fsp3) is 0. The molecule has 3 aromatic carbocycles. The van der Waals surface area contributed by atoms with E-state index >= 15 is 0 Å². The van der Waals surface area contributed by atoms with Crippen molar-refractivity contribution in [1.82, 2.24) is 0 Å². The summed E-state index contributed by atoms with van der Waals surface area (Å²) in [5.74, 6) is 0. The molecule has 0 aromatic heterocycles. The SMILES string of the molecule is [PH3]=C(C=C(c1ccccc1)c1ccccc1)c1ccccc1. The highest BCUT2D eigenvalue weighted by atomic mass is 31.0. The summed E-state index contributed by atoms with van der Waals surface area (Å²) in [7, 11) is 1.94. The van der Waals surface area contributed by atoms with E-state index in [0.29, 0.717) is 0 Å². The van der Waals surface area contributed by atoms with Gasteiger partial charge in [-0.15, -0.1) is 8.86 Å². The highest BCUT2D eigenvalue weighted by Crippen LogP contribution is 2.24. The minimum atomic E-state index is 1.24. The van der Waals surface area contributed by atoms with Crippen LogP contribution >= 0.6 is 8.86 Å². The third kappa shape index (κ3) is 3.47. The van der Waals surface area contributed by atoms with E-state index in [4.69, 9.17) is 0 Å². The Bertz CT molecular complexity index is 730. The Balaban J connectivity index is 2.06. The predicted octanol–water partition coefficient (Wildman–Crippen LogP) is 4.95. The van der Waals surface area contributed by atoms with Gasteiger partial charge in [0.25, 0.3) is 0 Å². The second-order valence-corrected chi connectivity index (χ2v) is 5.94. The maximum atomic E-state index is 2.29. The molecule has 0 N–H and O–H groups in total. The third-order valence-corrected chi connectivity index (χ3v) is 4.25. The van der Waals surface area contributed by atoms with Gasteiger partial charge in [-0.25, -0.2) is 0 Å². The van der Waals surface area contributed by atoms with Gasteiger partial charge in [0.15, 0.2) is 0 Å². The molecule has 1 atom stereocenters. The van der Waals surface area contributed by atoms with E-state index in [9.17, 15) is 0 Å². The lowest BCUT2D eigenvalue weighted by Crippen LogP contribution is -1.96. The van der Waals surface area contributed by atoms with Gasteiger partial charge >= 0.3 is 0 Å². The van der Waals surface area contributed by atoms with E-state index in [1.165, 1.54) is 27.6 Å². The van der Waals surface area contributed by atoms with Crippen molar-refractivity contribution < 1.29 is 0 Å². The summed E-state index contributed by atoms with van der Waals surface area (Å²) in [5.41, 5.74) is 5.02. The fourth-order valence-corrected chi connectivity index (χ4v) is 2.92. The summed E-state index contributed by atoms with van der Waals surface area (Å²) in [6.45, 7) is 0. The highest BCUT2D eigenvalue weighted by Gasteiger charge is 2.05. The predicted molar refractivity (Wildman–Crippen MR) is 102 cm³/mol. The van der Waals surface area contributed by atoms with E-state index in [2.05, 4.69) is 97.1 Å². The average Bonchev–Trinajstić information content (AvgIpc) is 2.62. The molecule has 0 amide bonds. The molecular weight excluding hydrogens is 283 g/mol. The van der Waals surface area contributed by atoms with Crippen LogP contribution in [0.25, 0.3) is 5.57 Å². The Hall–Kier alpha value is -2.30. The summed E-state index contributed by atoms with van der Waals surface area (Å²) in [4.78, 5) is 0. The molecule has 108 valence electrons. The van der Waals surface area contributed by atoms with Crippen molar-refractivity contribution in [1.29, 1.82) is 0 Å². The van der Waals surface area contributed by atoms with Gasteiger partial charge in [-0.2, -0.15) is 0 Å². The third-order valence-electron chi connectivity index (χ3n) is 3.63. The molecule has 0 heterocycles. The summed E-state index contributed by atoms with van der Waals surface area (Å²) < 4.78 is 0. The summed E-state index contributed by atoms with van der Waals surface area (Å²) in [6, 6.07) is 31.7. The quantitative estimate of drug-likeness (QED) is 0.598. The molecule has 22 heavy (non-hydrogen) atoms. The van der Waals surface area contributed by atoms with Gasteiger partial charge in [0.2, 0.25) is 0 Å². The maximum Gasteiger partial charge on any atom is -0.0105 e. The number of allylic oxidation sites excluding steroid dienone is 1. The monoisotopic (exact) mass is 302 g/mol. The summed E-state index contributed by atoms with van der Waals surface area (Å²) in [5, 5.41) is 1.29. The number of hydrogen-bond donors (Lipinski definition) is 0. The normalized spacial score (nSPS) is 10.2. The van der Waals surface area contributed by atoms with Gasteiger partial charge in [-0.3, -0.25) is 0 Å². The van der Waals surface area contributed by atoms with Crippen molar-refractivity contribution in [2.24, 2.45) is 0 Å². The molecule has 3 rings (SSSR count). The van der Waals surface area contributed by atoms with Crippen molar-refractivity contribution in [2.75, 3.05) is 0 Å². The van der Waals surface area contributed by atoms with Crippen molar-refractivity contribution in [2.45, 2.75) is 0 Å². The second kappa shape index (κ2) is 7.11. The molecule has 0 saturated heterocycles. The molecule has 0 aliphatic carbocycles. The second-order valence-electron chi connectivity index (χ2n) is 5.18. The largest absolute Gasteiger partial charge is 0.135 e. The average molecular weight is 302 g/mol. The Kier molecular flexibility index (Phi) is 4.73. The molecule has 3 aromatic rings. The van der Waals surface area contributed by atoms with Crippen LogP contribution in [-0.2, 0) is 0 Å². The zero-order valence-corrected chi connectivity index (χ0v) is 13.9. The van der Waals surface area contributed by atoms with E-state index < -0.39 is 0 Å². The molecule has 0 saturated carbocycles. The maximum absolute atomic E-state index is 2.29. The van der Waals surface area contributed by atoms with Crippen molar-refractivity contribution >= 4 is 19.7 Å². The highest BCUT2D eigenvalue weighted by molar-refractivity contribution is 7.23. The standard InChI is InChI=1S/C21H19P/c22-21(19-14-8-3-9-15-19)16-20(17-10-4-1-5-11-17)18-12-6-2-7-13-18/h1-16H,22H3. The smallest absolute Gasteiger partial charge is 0.0105 e. The molecule has 1 unspecified atom stereocenters. The lowest BCUT2D eigenvalue weighted by Gasteiger charge is -2.10. The van der Waals surface area contributed by atoms with E-state index in [1.807, 2.05) is 8.86 Å². The lowest BCUT2D eigenvalue weighted by atomic mass is 9.96. The zero-order valence-electron chi connectivity index (χ0n) is 12.4. The lowest BCUT2D eigenvalue weighted by molar-refractivity contribution is 1.55. The first-order valence-electron chi connectivity index (χ1n) is 7.41. The van der Waals surface area contributed by atoms with Gasteiger partial charge in [0, 0.05) is 0 Å². The molecule has 0 nitrogen and oxygen atoms in total. The molecule has 0 aliphatic heterocycles. The van der Waals surface area contributed by atoms with Gasteiger partial charge < -0.3 is 0 Å². The first-order chi connectivity index (χ1) is 10.8. The van der Waals surface area contributed by atoms with Crippen LogP contribution in [0.1, 0.15) is 16.7 Å². The molecular formula is C21H19P. The topological polar surface area (TPSA) is 0 Å². The Morgan fingerprint density at radius 3 is 1.32 bits per heavy atom. The van der Waals surface area contributed by atoms with Crippen LogP contribution < -0.4 is 0 Å². The number of rotatable bonds is 4. The first kappa shape index (κ1) is 14.6. The first-order valence-corrected chi connectivity index (χ1v) is 8.12. The molecule has 0 aliphatic rings. The van der Waals surface area contributed by atoms with Crippen LogP contribution in [0.15, 0.2) is 97.1 Å².